The van der Waals surface area contributed by atoms with Crippen molar-refractivity contribution >= 4 is 5.97 Å². The van der Waals surface area contributed by atoms with Crippen molar-refractivity contribution < 1.29 is 9.90 Å². The van der Waals surface area contributed by atoms with Crippen LogP contribution in [0.15, 0.2) is 24.3 Å². The number of hydrogen-bond donors (Lipinski definition) is 1. The molecule has 0 aliphatic heterocycles. The van der Waals surface area contributed by atoms with E-state index in [1.54, 1.807) is 0 Å². The van der Waals surface area contributed by atoms with Crippen LogP contribution >= 0.6 is 0 Å². The van der Waals surface area contributed by atoms with Gasteiger partial charge in [-0.3, -0.25) is 4.79 Å². The molecule has 21 heavy (non-hydrogen) atoms. The van der Waals surface area contributed by atoms with E-state index in [1.165, 1.54) is 64.2 Å². The van der Waals surface area contributed by atoms with Gasteiger partial charge in [-0.2, -0.15) is 0 Å². The van der Waals surface area contributed by atoms with Crippen LogP contribution < -0.4 is 0 Å². The summed E-state index contributed by atoms with van der Waals surface area (Å²) in [5.41, 5.74) is 0. The zero-order valence-corrected chi connectivity index (χ0v) is 13.9. The maximum absolute atomic E-state index is 10.3. The molecule has 0 spiro atoms. The fourth-order valence-corrected chi connectivity index (χ4v) is 2.25. The van der Waals surface area contributed by atoms with E-state index in [-0.39, 0.29) is 6.42 Å². The molecule has 0 unspecified atom stereocenters. The third-order valence-corrected chi connectivity index (χ3v) is 3.57. The maximum Gasteiger partial charge on any atom is 0.303 e. The highest BCUT2D eigenvalue weighted by Crippen LogP contribution is 2.09. The second-order valence-electron chi connectivity index (χ2n) is 5.72. The summed E-state index contributed by atoms with van der Waals surface area (Å²) < 4.78 is 0. The number of hydrogen-bond acceptors (Lipinski definition) is 1. The second-order valence-corrected chi connectivity index (χ2v) is 5.72. The minimum Gasteiger partial charge on any atom is -0.481 e. The van der Waals surface area contributed by atoms with Crippen molar-refractivity contribution in [2.24, 2.45) is 0 Å². The topological polar surface area (TPSA) is 37.3 Å². The van der Waals surface area contributed by atoms with E-state index in [9.17, 15) is 4.79 Å². The van der Waals surface area contributed by atoms with E-state index in [1.807, 2.05) is 6.08 Å². The Kier molecular flexibility index (Phi) is 16.2. The van der Waals surface area contributed by atoms with Crippen LogP contribution in [0.4, 0.5) is 0 Å². The summed E-state index contributed by atoms with van der Waals surface area (Å²) in [6.07, 6.45) is 23.8. The van der Waals surface area contributed by atoms with E-state index >= 15 is 0 Å². The third kappa shape index (κ3) is 18.9. The van der Waals surface area contributed by atoms with E-state index in [0.29, 0.717) is 6.42 Å². The lowest BCUT2D eigenvalue weighted by atomic mass is 10.1. The molecule has 0 rings (SSSR count). The van der Waals surface area contributed by atoms with E-state index in [4.69, 9.17) is 5.11 Å². The number of aliphatic carboxylic acids is 1. The lowest BCUT2D eigenvalue weighted by Crippen LogP contribution is -1.91. The van der Waals surface area contributed by atoms with Gasteiger partial charge in [0.15, 0.2) is 0 Å². The molecule has 1 N–H and O–H groups in total. The van der Waals surface area contributed by atoms with Crippen molar-refractivity contribution in [2.45, 2.75) is 90.4 Å². The lowest BCUT2D eigenvalue weighted by Gasteiger charge is -1.98. The molecule has 122 valence electrons. The Hall–Kier alpha value is -1.05. The van der Waals surface area contributed by atoms with Crippen LogP contribution in [0.1, 0.15) is 90.4 Å². The zero-order valence-electron chi connectivity index (χ0n) is 13.9. The van der Waals surface area contributed by atoms with Gasteiger partial charge in [0.05, 0.1) is 0 Å². The average Bonchev–Trinajstić information content (AvgIpc) is 2.46. The number of carboxylic acids is 1. The molecule has 0 aliphatic carbocycles. The van der Waals surface area contributed by atoms with Crippen molar-refractivity contribution in [3.05, 3.63) is 24.3 Å². The second kappa shape index (κ2) is 17.0. The molecular weight excluding hydrogens is 260 g/mol. The number of unbranched alkanes of at least 4 members (excludes halogenated alkanes) is 9. The molecule has 0 fully saturated rings. The highest BCUT2D eigenvalue weighted by atomic mass is 16.4. The Labute approximate surface area is 131 Å². The number of allylic oxidation sites excluding steroid dienone is 4. The Morgan fingerprint density at radius 2 is 1.14 bits per heavy atom. The highest BCUT2D eigenvalue weighted by molar-refractivity contribution is 5.66. The molecule has 0 bridgehead atoms. The summed E-state index contributed by atoms with van der Waals surface area (Å²) in [6, 6.07) is 0. The van der Waals surface area contributed by atoms with E-state index in [2.05, 4.69) is 25.2 Å². The Morgan fingerprint density at radius 3 is 1.62 bits per heavy atom. The van der Waals surface area contributed by atoms with Crippen molar-refractivity contribution in [3.63, 3.8) is 0 Å². The monoisotopic (exact) mass is 294 g/mol. The van der Waals surface area contributed by atoms with Gasteiger partial charge in [-0.25, -0.2) is 0 Å². The largest absolute Gasteiger partial charge is 0.481 e. The predicted molar refractivity (Wildman–Crippen MR) is 91.6 cm³/mol. The van der Waals surface area contributed by atoms with Gasteiger partial charge in [0.1, 0.15) is 0 Å². The van der Waals surface area contributed by atoms with Gasteiger partial charge in [-0.1, -0.05) is 63.3 Å². The first-order valence-electron chi connectivity index (χ1n) is 8.79. The lowest BCUT2D eigenvalue weighted by molar-refractivity contribution is -0.136. The summed E-state index contributed by atoms with van der Waals surface area (Å²) in [5.74, 6) is -0.709. The Morgan fingerprint density at radius 1 is 0.714 bits per heavy atom. The minimum absolute atomic E-state index is 0.252. The molecule has 0 aliphatic rings. The molecule has 0 atom stereocenters. The molecule has 0 aromatic carbocycles. The van der Waals surface area contributed by atoms with Crippen LogP contribution in [-0.4, -0.2) is 11.1 Å². The summed E-state index contributed by atoms with van der Waals surface area (Å²) >= 11 is 0. The molecular formula is C19H34O2. The standard InChI is InChI=1S/C19H34O2/c1-2-3-4-5-6-7-8-9-10-11-12-13-14-15-16-17-18-19(20)21/h6-7,15-16H,2-5,8-14,17-18H2,1H3,(H,20,21)/b7-6+,16-15+. The average molecular weight is 294 g/mol. The summed E-state index contributed by atoms with van der Waals surface area (Å²) in [6.45, 7) is 2.25. The normalized spacial score (nSPS) is 11.7. The first-order valence-corrected chi connectivity index (χ1v) is 8.79. The molecule has 2 nitrogen and oxygen atoms in total. The van der Waals surface area contributed by atoms with E-state index < -0.39 is 5.97 Å². The van der Waals surface area contributed by atoms with Gasteiger partial charge < -0.3 is 5.11 Å². The van der Waals surface area contributed by atoms with Crippen molar-refractivity contribution in [3.8, 4) is 0 Å². The smallest absolute Gasteiger partial charge is 0.303 e. The fourth-order valence-electron chi connectivity index (χ4n) is 2.25. The quantitative estimate of drug-likeness (QED) is 0.285. The predicted octanol–water partition coefficient (Wildman–Crippen LogP) is 6.27. The van der Waals surface area contributed by atoms with Crippen molar-refractivity contribution in [1.29, 1.82) is 0 Å². The molecule has 0 saturated heterocycles. The first kappa shape index (κ1) is 19.9. The van der Waals surface area contributed by atoms with Crippen LogP contribution in [-0.2, 0) is 4.79 Å². The summed E-state index contributed by atoms with van der Waals surface area (Å²) in [5, 5.41) is 8.49. The number of rotatable bonds is 15. The van der Waals surface area contributed by atoms with Gasteiger partial charge >= 0.3 is 5.97 Å². The van der Waals surface area contributed by atoms with Gasteiger partial charge in [0.2, 0.25) is 0 Å². The molecule has 0 aromatic heterocycles. The van der Waals surface area contributed by atoms with Gasteiger partial charge in [0.25, 0.3) is 0 Å². The molecule has 0 heterocycles. The molecule has 0 saturated carbocycles. The van der Waals surface area contributed by atoms with Gasteiger partial charge in [0, 0.05) is 6.42 Å². The van der Waals surface area contributed by atoms with Crippen LogP contribution in [0, 0.1) is 0 Å². The van der Waals surface area contributed by atoms with Crippen molar-refractivity contribution in [2.75, 3.05) is 0 Å². The highest BCUT2D eigenvalue weighted by Gasteiger charge is 1.92. The summed E-state index contributed by atoms with van der Waals surface area (Å²) in [4.78, 5) is 10.3. The minimum atomic E-state index is -0.709. The molecule has 0 radical (unpaired) electrons. The Bertz CT molecular complexity index is 279. The third-order valence-electron chi connectivity index (χ3n) is 3.57. The van der Waals surface area contributed by atoms with Gasteiger partial charge in [-0.05, 0) is 44.9 Å². The van der Waals surface area contributed by atoms with E-state index in [0.717, 1.165) is 6.42 Å². The number of carboxylic acid groups (broad SMARTS) is 1. The summed E-state index contributed by atoms with van der Waals surface area (Å²) in [7, 11) is 0. The Balaban J connectivity index is 3.13. The van der Waals surface area contributed by atoms with Crippen molar-refractivity contribution in [1.82, 2.24) is 0 Å². The first-order chi connectivity index (χ1) is 10.3. The maximum atomic E-state index is 10.3. The zero-order chi connectivity index (χ0) is 15.6. The molecule has 0 amide bonds. The van der Waals surface area contributed by atoms with Crippen LogP contribution in [0.3, 0.4) is 0 Å². The van der Waals surface area contributed by atoms with Crippen LogP contribution in [0.25, 0.3) is 0 Å². The molecule has 2 heteroatoms. The SMILES string of the molecule is CCCCC/C=C/CCCCCCC/C=C/CCC(=O)O. The van der Waals surface area contributed by atoms with Gasteiger partial charge in [-0.15, -0.1) is 0 Å². The van der Waals surface area contributed by atoms with Crippen LogP contribution in [0.2, 0.25) is 0 Å². The van der Waals surface area contributed by atoms with Crippen LogP contribution in [0.5, 0.6) is 0 Å². The number of carbonyl (C=O) groups is 1. The molecule has 0 aromatic rings. The fraction of sp³-hybridized carbons (Fsp3) is 0.737.